The summed E-state index contributed by atoms with van der Waals surface area (Å²) in [4.78, 5) is 0. The van der Waals surface area contributed by atoms with Crippen LogP contribution in [0.25, 0.3) is 0 Å². The second-order valence-electron chi connectivity index (χ2n) is 0. The van der Waals surface area contributed by atoms with Gasteiger partial charge in [0.1, 0.15) is 0 Å². The Morgan fingerprint density at radius 2 is 1.25 bits per heavy atom. The van der Waals surface area contributed by atoms with Crippen molar-refractivity contribution in [3.05, 3.63) is 6.57 Å². The molecule has 0 amide bonds. The minimum Gasteiger partial charge on any atom is -0.512 e. The van der Waals surface area contributed by atoms with Crippen molar-refractivity contribution < 1.29 is 22.4 Å². The summed E-state index contributed by atoms with van der Waals surface area (Å²) in [5.74, 6) is 0. The topological polar surface area (TPSA) is 23.8 Å². The first-order valence-corrected chi connectivity index (χ1v) is 0.224. The number of rotatable bonds is 0. The predicted molar refractivity (Wildman–Crippen MR) is 10.7 cm³/mol. The van der Waals surface area contributed by atoms with Gasteiger partial charge in [0.2, 0.25) is 0 Å². The first kappa shape index (κ1) is 18.8. The summed E-state index contributed by atoms with van der Waals surface area (Å²) >= 11 is 0. The van der Waals surface area contributed by atoms with Gasteiger partial charge in [-0.15, -0.1) is 0 Å². The third-order valence-corrected chi connectivity index (χ3v) is 0. The maximum atomic E-state index is 6.25. The summed E-state index contributed by atoms with van der Waals surface area (Å²) in [6.07, 6.45) is 0. The van der Waals surface area contributed by atoms with Gasteiger partial charge in [-0.05, 0) is 0 Å². The molecule has 0 aliphatic rings. The van der Waals surface area contributed by atoms with Crippen LogP contribution in [0.5, 0.6) is 0 Å². The Balaban J connectivity index is -0.00000000500. The zero-order chi connectivity index (χ0) is 2.00. The van der Waals surface area contributed by atoms with Gasteiger partial charge in [0.15, 0.2) is 0 Å². The van der Waals surface area contributed by atoms with Crippen molar-refractivity contribution in [2.24, 2.45) is 0 Å². The third kappa shape index (κ3) is 10.6. The van der Waals surface area contributed by atoms with E-state index >= 15 is 0 Å². The second-order valence-corrected chi connectivity index (χ2v) is 0. The third-order valence-electron chi connectivity index (χ3n) is 0. The van der Waals surface area contributed by atoms with Crippen molar-refractivity contribution in [3.63, 3.8) is 0 Å². The zero-order valence-corrected chi connectivity index (χ0v) is 6.42. The van der Waals surface area contributed by atoms with Gasteiger partial charge in [0, 0.05) is 29.6 Å². The van der Waals surface area contributed by atoms with Crippen LogP contribution in [-0.2, 0) is 22.4 Å². The Hall–Kier alpha value is 1.23. The molecule has 0 atom stereocenters. The molecule has 0 aliphatic heterocycles. The van der Waals surface area contributed by atoms with Crippen molar-refractivity contribution >= 4 is 29.6 Å². The molecule has 4 heavy (non-hydrogen) atoms. The van der Waals surface area contributed by atoms with E-state index in [1.807, 2.05) is 0 Å². The van der Waals surface area contributed by atoms with E-state index in [1.165, 1.54) is 0 Å². The van der Waals surface area contributed by atoms with Crippen molar-refractivity contribution in [2.45, 2.75) is 0 Å². The Morgan fingerprint density at radius 3 is 1.25 bits per heavy atom. The fourth-order valence-corrected chi connectivity index (χ4v) is 0. The maximum absolute atomic E-state index is 6.25. The largest absolute Gasteiger partial charge is 1.00 e. The van der Waals surface area contributed by atoms with Gasteiger partial charge in [-0.25, -0.2) is 0 Å². The molecule has 0 spiro atoms. The van der Waals surface area contributed by atoms with Gasteiger partial charge < -0.3 is 11.8 Å². The monoisotopic (exact) mass is 246 g/mol. The molecule has 1 radical (unpaired) electrons. The average Bonchev–Trinajstić information content (AvgIpc) is 1.00. The molecule has 0 saturated heterocycles. The van der Waals surface area contributed by atoms with Crippen LogP contribution in [0.15, 0.2) is 0 Å². The van der Waals surface area contributed by atoms with Crippen LogP contribution in [0.1, 0.15) is 0 Å². The Morgan fingerprint density at radius 1 is 1.25 bits per heavy atom. The van der Waals surface area contributed by atoms with Crippen molar-refractivity contribution in [1.29, 1.82) is 5.26 Å². The predicted octanol–water partition coefficient (Wildman–Crippen LogP) is -0.287. The van der Waals surface area contributed by atoms with Crippen LogP contribution in [0, 0.1) is 11.8 Å². The molecular formula is CAuNNa. The summed E-state index contributed by atoms with van der Waals surface area (Å²) < 4.78 is 0. The summed E-state index contributed by atoms with van der Waals surface area (Å²) in [6.45, 7) is 4.75. The summed E-state index contributed by atoms with van der Waals surface area (Å²) in [6, 6.07) is 0. The van der Waals surface area contributed by atoms with Gasteiger partial charge in [0.25, 0.3) is 0 Å². The molecule has 0 aliphatic carbocycles. The first-order valence-electron chi connectivity index (χ1n) is 0.224. The molecule has 0 fully saturated rings. The summed E-state index contributed by atoms with van der Waals surface area (Å²) in [5, 5.41) is 6.25. The first-order chi connectivity index (χ1) is 1.00. The molecular weight excluding hydrogens is 246 g/mol. The Bertz CT molecular complexity index is 12.8. The molecule has 0 saturated carbocycles. The van der Waals surface area contributed by atoms with E-state index in [1.54, 1.807) is 0 Å². The van der Waals surface area contributed by atoms with Gasteiger partial charge in [0.05, 0.1) is 0 Å². The van der Waals surface area contributed by atoms with E-state index in [2.05, 4.69) is 0 Å². The molecule has 1 nitrogen and oxygen atoms in total. The fourth-order valence-electron chi connectivity index (χ4n) is 0. The van der Waals surface area contributed by atoms with Crippen molar-refractivity contribution in [2.75, 3.05) is 0 Å². The standard InChI is InChI=1S/CN.Au.Na/c1-2;;/q-1;+1;. The Labute approximate surface area is 63.2 Å². The van der Waals surface area contributed by atoms with E-state index in [-0.39, 0.29) is 51.9 Å². The van der Waals surface area contributed by atoms with Gasteiger partial charge >= 0.3 is 22.4 Å². The van der Waals surface area contributed by atoms with Gasteiger partial charge in [-0.3, -0.25) is 0 Å². The minimum atomic E-state index is 0. The molecule has 0 bridgehead atoms. The van der Waals surface area contributed by atoms with E-state index in [9.17, 15) is 0 Å². The van der Waals surface area contributed by atoms with Crippen LogP contribution in [0.4, 0.5) is 0 Å². The van der Waals surface area contributed by atoms with Crippen LogP contribution in [0.2, 0.25) is 0 Å². The fraction of sp³-hybridized carbons (Fsp3) is 0. The van der Waals surface area contributed by atoms with Crippen LogP contribution in [-0.4, -0.2) is 29.6 Å². The Kier molecular flexibility index (Phi) is 137. The molecule has 0 unspecified atom stereocenters. The van der Waals surface area contributed by atoms with E-state index < -0.39 is 0 Å². The number of nitrogens with zero attached hydrogens (tertiary/aromatic N) is 1. The number of hydrogen-bond acceptors (Lipinski definition) is 1. The normalized spacial score (nSPS) is 0.500. The van der Waals surface area contributed by atoms with Crippen LogP contribution in [0.3, 0.4) is 0 Å². The van der Waals surface area contributed by atoms with Crippen LogP contribution < -0.4 is 0 Å². The minimum absolute atomic E-state index is 0. The molecule has 21 valence electrons. The molecule has 0 aromatic heterocycles. The smallest absolute Gasteiger partial charge is 0.512 e. The molecule has 0 rings (SSSR count). The molecule has 0 aromatic rings. The zero-order valence-electron chi connectivity index (χ0n) is 2.25. The van der Waals surface area contributed by atoms with Gasteiger partial charge in [-0.1, -0.05) is 0 Å². The summed E-state index contributed by atoms with van der Waals surface area (Å²) in [7, 11) is 0. The van der Waals surface area contributed by atoms with E-state index in [0.29, 0.717) is 0 Å². The SMILES string of the molecule is [Au+].[C-]#N.[Na]. The molecule has 3 heteroatoms. The molecule has 0 N–H and O–H groups in total. The van der Waals surface area contributed by atoms with E-state index in [4.69, 9.17) is 11.8 Å². The van der Waals surface area contributed by atoms with Crippen molar-refractivity contribution in [1.82, 2.24) is 0 Å². The second kappa shape index (κ2) is 29.2. The maximum Gasteiger partial charge on any atom is 1.00 e. The summed E-state index contributed by atoms with van der Waals surface area (Å²) in [5.41, 5.74) is 0. The van der Waals surface area contributed by atoms with Crippen molar-refractivity contribution in [3.8, 4) is 0 Å². The molecule has 0 aromatic carbocycles. The van der Waals surface area contributed by atoms with Crippen LogP contribution >= 0.6 is 0 Å². The van der Waals surface area contributed by atoms with E-state index in [0.717, 1.165) is 0 Å². The molecule has 0 heterocycles. The van der Waals surface area contributed by atoms with Gasteiger partial charge in [-0.2, -0.15) is 0 Å². The number of hydrogen-bond donors (Lipinski definition) is 0. The quantitative estimate of drug-likeness (QED) is 0.425. The average molecular weight is 246 g/mol.